The zero-order chi connectivity index (χ0) is 12.1. The van der Waals surface area contributed by atoms with Gasteiger partial charge in [-0.05, 0) is 20.3 Å². The quantitative estimate of drug-likeness (QED) is 0.505. The maximum absolute atomic E-state index is 11.7. The molecule has 16 heavy (non-hydrogen) atoms. The molecule has 1 aliphatic carbocycles. The van der Waals surface area contributed by atoms with Crippen LogP contribution < -0.4 is 0 Å². The fourth-order valence-corrected chi connectivity index (χ4v) is 2.80. The van der Waals surface area contributed by atoms with E-state index < -0.39 is 17.0 Å². The molecule has 5 nitrogen and oxygen atoms in total. The van der Waals surface area contributed by atoms with Crippen molar-refractivity contribution in [2.45, 2.75) is 32.3 Å². The third-order valence-electron chi connectivity index (χ3n) is 3.81. The van der Waals surface area contributed by atoms with E-state index in [0.717, 1.165) is 0 Å². The summed E-state index contributed by atoms with van der Waals surface area (Å²) in [5.41, 5.74) is -1.86. The lowest BCUT2D eigenvalue weighted by Gasteiger charge is -2.39. The molecule has 3 atom stereocenters. The van der Waals surface area contributed by atoms with Crippen LogP contribution in [0.25, 0.3) is 0 Å². The van der Waals surface area contributed by atoms with Crippen LogP contribution in [-0.2, 0) is 23.9 Å². The van der Waals surface area contributed by atoms with Crippen LogP contribution >= 0.6 is 0 Å². The Balaban J connectivity index is 2.35. The standard InChI is InChI=1S/C11H14O5/c1-6(12)11(9(14)15-3)4-7-8(13)16-10(7,2)5-11/h7H,4-5H2,1-3H3/t7-,10-,11?/m1/s1. The molecule has 0 aromatic rings. The topological polar surface area (TPSA) is 69.7 Å². The lowest BCUT2D eigenvalue weighted by Crippen LogP contribution is -2.51. The Kier molecular flexibility index (Phi) is 2.12. The Morgan fingerprint density at radius 1 is 1.50 bits per heavy atom. The van der Waals surface area contributed by atoms with Crippen LogP contribution in [0, 0.1) is 11.3 Å². The van der Waals surface area contributed by atoms with E-state index in [0.29, 0.717) is 0 Å². The average molecular weight is 226 g/mol. The number of ether oxygens (including phenoxy) is 2. The molecular formula is C11H14O5. The molecule has 0 radical (unpaired) electrons. The lowest BCUT2D eigenvalue weighted by molar-refractivity contribution is -0.202. The second kappa shape index (κ2) is 3.06. The normalized spacial score (nSPS) is 40.7. The molecule has 2 rings (SSSR count). The summed E-state index contributed by atoms with van der Waals surface area (Å²) in [6.07, 6.45) is 0.447. The van der Waals surface area contributed by atoms with E-state index in [2.05, 4.69) is 4.74 Å². The van der Waals surface area contributed by atoms with Crippen molar-refractivity contribution in [3.05, 3.63) is 0 Å². The van der Waals surface area contributed by atoms with Crippen molar-refractivity contribution in [1.82, 2.24) is 0 Å². The second-order valence-electron chi connectivity index (χ2n) is 4.80. The largest absolute Gasteiger partial charge is 0.468 e. The molecule has 88 valence electrons. The molecular weight excluding hydrogens is 212 g/mol. The highest BCUT2D eigenvalue weighted by molar-refractivity contribution is 6.04. The van der Waals surface area contributed by atoms with E-state index in [9.17, 15) is 14.4 Å². The van der Waals surface area contributed by atoms with Gasteiger partial charge in [0.1, 0.15) is 16.8 Å². The fraction of sp³-hybridized carbons (Fsp3) is 0.727. The third kappa shape index (κ3) is 1.14. The van der Waals surface area contributed by atoms with Gasteiger partial charge in [-0.15, -0.1) is 0 Å². The molecule has 2 fully saturated rings. The number of hydrogen-bond acceptors (Lipinski definition) is 5. The number of carbonyl (C=O) groups excluding carboxylic acids is 3. The average Bonchev–Trinajstić information content (AvgIpc) is 2.46. The molecule has 2 aliphatic rings. The van der Waals surface area contributed by atoms with Crippen LogP contribution in [0.4, 0.5) is 0 Å². The predicted molar refractivity (Wildman–Crippen MR) is 52.4 cm³/mol. The number of carbonyl (C=O) groups is 3. The van der Waals surface area contributed by atoms with E-state index in [4.69, 9.17) is 4.74 Å². The van der Waals surface area contributed by atoms with Crippen molar-refractivity contribution in [3.8, 4) is 0 Å². The smallest absolute Gasteiger partial charge is 0.319 e. The summed E-state index contributed by atoms with van der Waals surface area (Å²) >= 11 is 0. The van der Waals surface area contributed by atoms with E-state index >= 15 is 0 Å². The summed E-state index contributed by atoms with van der Waals surface area (Å²) in [5, 5.41) is 0. The first-order chi connectivity index (χ1) is 7.35. The SMILES string of the molecule is COC(=O)C1(C(C)=O)C[C@@H]2C(=O)O[C@]2(C)C1. The highest BCUT2D eigenvalue weighted by atomic mass is 16.6. The summed E-state index contributed by atoms with van der Waals surface area (Å²) in [5.74, 6) is -1.50. The summed E-state index contributed by atoms with van der Waals surface area (Å²) in [6, 6.07) is 0. The minimum atomic E-state index is -1.19. The van der Waals surface area contributed by atoms with Crippen LogP contribution in [0.1, 0.15) is 26.7 Å². The molecule has 0 amide bonds. The lowest BCUT2D eigenvalue weighted by atomic mass is 9.81. The van der Waals surface area contributed by atoms with Gasteiger partial charge in [-0.1, -0.05) is 0 Å². The van der Waals surface area contributed by atoms with Crippen molar-refractivity contribution in [1.29, 1.82) is 0 Å². The van der Waals surface area contributed by atoms with Gasteiger partial charge in [-0.3, -0.25) is 14.4 Å². The van der Waals surface area contributed by atoms with Gasteiger partial charge in [0.05, 0.1) is 13.0 Å². The van der Waals surface area contributed by atoms with Crippen LogP contribution in [0.2, 0.25) is 0 Å². The van der Waals surface area contributed by atoms with Gasteiger partial charge >= 0.3 is 11.9 Å². The van der Waals surface area contributed by atoms with Crippen molar-refractivity contribution >= 4 is 17.7 Å². The van der Waals surface area contributed by atoms with E-state index in [1.807, 2.05) is 0 Å². The Hall–Kier alpha value is -1.39. The van der Waals surface area contributed by atoms with Crippen molar-refractivity contribution in [3.63, 3.8) is 0 Å². The maximum atomic E-state index is 11.7. The van der Waals surface area contributed by atoms with Gasteiger partial charge in [0.2, 0.25) is 0 Å². The van der Waals surface area contributed by atoms with E-state index in [1.54, 1.807) is 6.92 Å². The van der Waals surface area contributed by atoms with Gasteiger partial charge in [-0.25, -0.2) is 0 Å². The molecule has 1 aliphatic heterocycles. The Morgan fingerprint density at radius 3 is 2.50 bits per heavy atom. The van der Waals surface area contributed by atoms with E-state index in [-0.39, 0.29) is 30.5 Å². The number of esters is 2. The van der Waals surface area contributed by atoms with Crippen molar-refractivity contribution in [2.24, 2.45) is 11.3 Å². The number of fused-ring (bicyclic) bond motifs is 1. The molecule has 1 saturated heterocycles. The molecule has 0 N–H and O–H groups in total. The van der Waals surface area contributed by atoms with Crippen molar-refractivity contribution in [2.75, 3.05) is 7.11 Å². The molecule has 0 bridgehead atoms. The first-order valence-corrected chi connectivity index (χ1v) is 5.18. The molecule has 0 aromatic heterocycles. The van der Waals surface area contributed by atoms with Crippen molar-refractivity contribution < 1.29 is 23.9 Å². The van der Waals surface area contributed by atoms with Crippen LogP contribution in [0.3, 0.4) is 0 Å². The highest BCUT2D eigenvalue weighted by Crippen LogP contribution is 2.56. The number of Topliss-reactive ketones (excluding diaryl/α,β-unsaturated/α-hetero) is 1. The first kappa shape index (κ1) is 11.1. The summed E-state index contributed by atoms with van der Waals surface area (Å²) in [4.78, 5) is 34.7. The molecule has 1 saturated carbocycles. The Morgan fingerprint density at radius 2 is 2.12 bits per heavy atom. The first-order valence-electron chi connectivity index (χ1n) is 5.18. The van der Waals surface area contributed by atoms with Gasteiger partial charge in [0.25, 0.3) is 0 Å². The molecule has 1 heterocycles. The van der Waals surface area contributed by atoms with Crippen LogP contribution in [-0.4, -0.2) is 30.4 Å². The Bertz CT molecular complexity index is 388. The van der Waals surface area contributed by atoms with E-state index in [1.165, 1.54) is 14.0 Å². The summed E-state index contributed by atoms with van der Waals surface area (Å²) in [6.45, 7) is 3.11. The third-order valence-corrected chi connectivity index (χ3v) is 3.81. The summed E-state index contributed by atoms with van der Waals surface area (Å²) in [7, 11) is 1.25. The number of methoxy groups -OCH3 is 1. The maximum Gasteiger partial charge on any atom is 0.319 e. The molecule has 0 spiro atoms. The van der Waals surface area contributed by atoms with Gasteiger partial charge in [0.15, 0.2) is 0 Å². The molecule has 5 heteroatoms. The van der Waals surface area contributed by atoms with Crippen LogP contribution in [0.5, 0.6) is 0 Å². The zero-order valence-electron chi connectivity index (χ0n) is 9.53. The predicted octanol–water partition coefficient (Wildman–Crippen LogP) is 0.460. The monoisotopic (exact) mass is 226 g/mol. The number of hydrogen-bond donors (Lipinski definition) is 0. The van der Waals surface area contributed by atoms with Gasteiger partial charge in [0, 0.05) is 6.42 Å². The minimum absolute atomic E-state index is 0.213. The Labute approximate surface area is 93.1 Å². The molecule has 1 unspecified atom stereocenters. The zero-order valence-corrected chi connectivity index (χ0v) is 9.53. The number of rotatable bonds is 2. The molecule has 0 aromatic carbocycles. The number of ketones is 1. The minimum Gasteiger partial charge on any atom is -0.468 e. The fourth-order valence-electron chi connectivity index (χ4n) is 2.80. The van der Waals surface area contributed by atoms with Gasteiger partial charge in [-0.2, -0.15) is 0 Å². The second-order valence-corrected chi connectivity index (χ2v) is 4.80. The summed E-state index contributed by atoms with van der Waals surface area (Å²) < 4.78 is 9.73. The van der Waals surface area contributed by atoms with Gasteiger partial charge < -0.3 is 9.47 Å². The van der Waals surface area contributed by atoms with Crippen LogP contribution in [0.15, 0.2) is 0 Å². The highest BCUT2D eigenvalue weighted by Gasteiger charge is 2.68.